The predicted molar refractivity (Wildman–Crippen MR) is 423 cm³/mol. The van der Waals surface area contributed by atoms with Crippen molar-refractivity contribution in [1.29, 1.82) is 0 Å². The predicted octanol–water partition coefficient (Wildman–Crippen LogP) is 4.52. The molecule has 0 spiro atoms. The third kappa shape index (κ3) is 25.5. The molecule has 0 unspecified atom stereocenters. The van der Waals surface area contributed by atoms with Crippen molar-refractivity contribution in [3.63, 3.8) is 0 Å². The molecule has 2 amide bonds. The van der Waals surface area contributed by atoms with Gasteiger partial charge in [-0.1, -0.05) is 0 Å². The summed E-state index contributed by atoms with van der Waals surface area (Å²) in [4.78, 5) is 87.8. The van der Waals surface area contributed by atoms with E-state index >= 15 is 0 Å². The van der Waals surface area contributed by atoms with Crippen molar-refractivity contribution in [2.75, 3.05) is 135 Å². The second-order valence-electron chi connectivity index (χ2n) is 32.4. The number of nitrogens with zero attached hydrogens (tertiary/aromatic N) is 9. The Hall–Kier alpha value is -4.54. The normalized spacial score (nSPS) is 18.4. The molecule has 6 aliphatic rings. The summed E-state index contributed by atoms with van der Waals surface area (Å²) in [5.74, 6) is 3.28. The number of likely N-dealkylation sites (N-methyl/N-ethyl adjacent to an activating group) is 2. The van der Waals surface area contributed by atoms with Gasteiger partial charge in [-0.2, -0.15) is 0 Å². The fraction of sp³-hybridized carbons (Fsp3) is 0.625. The number of hydrogen-bond donors (Lipinski definition) is 4. The zero-order valence-electron chi connectivity index (χ0n) is 69.1. The first-order valence-electron chi connectivity index (χ1n) is 37.8. The van der Waals surface area contributed by atoms with Gasteiger partial charge < -0.3 is 95.1 Å². The van der Waals surface area contributed by atoms with Gasteiger partial charge in [-0.25, -0.2) is 9.59 Å². The first kappa shape index (κ1) is 92.3. The van der Waals surface area contributed by atoms with Gasteiger partial charge in [-0.05, 0) is 254 Å². The molecule has 28 heteroatoms. The number of alkyl halides is 1. The second-order valence-corrected chi connectivity index (χ2v) is 32.8. The van der Waals surface area contributed by atoms with Crippen LogP contribution in [0, 0.1) is 38.5 Å². The summed E-state index contributed by atoms with van der Waals surface area (Å²) >= 11 is 5.35. The van der Waals surface area contributed by atoms with Crippen LogP contribution in [0.15, 0.2) is 69.0 Å². The number of aromatic hydroxyl groups is 1. The number of pyridine rings is 3. The average Bonchev–Trinajstić information content (AvgIpc) is 1.63. The molecule has 6 heterocycles. The maximum absolute atomic E-state index is 13.2. The van der Waals surface area contributed by atoms with Crippen LogP contribution in [0.3, 0.4) is 0 Å². The number of aryl methyl sites for hydroxylation is 3. The Morgan fingerprint density at radius 3 is 1.17 bits per heavy atom. The molecule has 588 valence electrons. The van der Waals surface area contributed by atoms with Gasteiger partial charge in [0.2, 0.25) is 0 Å². The number of amides is 2. The van der Waals surface area contributed by atoms with Crippen LogP contribution in [0.25, 0.3) is 32.7 Å². The van der Waals surface area contributed by atoms with Crippen molar-refractivity contribution < 1.29 is 153 Å². The number of fused-ring (bicyclic) bond motifs is 3. The van der Waals surface area contributed by atoms with Gasteiger partial charge in [0.15, 0.2) is 0 Å². The molecule has 6 fully saturated rings. The first-order valence-corrected chi connectivity index (χ1v) is 38.3. The molecular weight excluding hydrogens is 1450 g/mol. The number of carbonyl (C=O) groups excluding carboxylic acids is 3. The monoisotopic (exact) mass is 1570 g/mol. The third-order valence-corrected chi connectivity index (χ3v) is 20.6. The van der Waals surface area contributed by atoms with E-state index in [-0.39, 0.29) is 175 Å². The van der Waals surface area contributed by atoms with Crippen LogP contribution in [-0.4, -0.2) is 202 Å². The number of nitrogens with one attached hydrogen (secondary N) is 2. The van der Waals surface area contributed by atoms with E-state index in [9.17, 15) is 29.1 Å². The van der Waals surface area contributed by atoms with E-state index in [1.54, 1.807) is 12.1 Å². The summed E-state index contributed by atoms with van der Waals surface area (Å²) in [5, 5.41) is 27.5. The molecule has 5 N–H and O–H groups in total. The number of ether oxygens (including phenoxy) is 4. The van der Waals surface area contributed by atoms with E-state index in [2.05, 4.69) is 85.1 Å². The van der Waals surface area contributed by atoms with Gasteiger partial charge in [-0.15, -0.1) is 11.6 Å². The van der Waals surface area contributed by atoms with E-state index in [0.29, 0.717) is 48.5 Å². The quantitative estimate of drug-likeness (QED) is 0.0239. The molecule has 3 aromatic heterocycles. The standard InChI is InChI=1S/C28H42N4O4.C24H33N3O4.C23H34N4O2.C4H10ClN.CH2O3.2K.H/c1-18-23(31-13-12-20(17-31)19(2)29-27(34)36-28(3,4)5)11-10-22-24(35-15-14-30(6)7)16-25(33)32(26(18)22)21-8-9-21;1-14-19(9-8-18-20(28)12-21(29)27(22(14)18)17-6-7-17)26-11-10-16(13-26)15(2)25-23(30)31-24(3,4)5;1-15-20(26-10-9-17(14-26)16(2)24)8-7-19-21(29-12-11-25(3)4)13-22(28)27(23(15)19)18-5-6-18;1-6(2)4-3-5;2-1-4-3;;;/h10-11,16,19-21H,8-9,12-15,17H2,1-7H3,(H,29,34);8-9,12,15-17,28H,6-7,10-11,13H2,1-5H3,(H,25,30);7-8,13,16-18H,5-6,9-12,14,24H2,1-4H3;3-4H2,1-2H3;1,3H;;;/q;;;;;2*+1;-1/p-1/t19-,20+;15-,16+;16-,17+;;;;;/m000...../s1. The minimum Gasteiger partial charge on any atom is -1.00 e. The van der Waals surface area contributed by atoms with Gasteiger partial charge >= 0.3 is 115 Å². The van der Waals surface area contributed by atoms with Crippen LogP contribution < -0.4 is 165 Å². The Balaban J connectivity index is 0.000000273. The number of hydrogen-bond acceptors (Lipinski definition) is 20. The molecule has 108 heavy (non-hydrogen) atoms. The van der Waals surface area contributed by atoms with Gasteiger partial charge in [0.05, 0.1) is 16.6 Å². The molecule has 3 aliphatic carbocycles. The number of benzene rings is 3. The van der Waals surface area contributed by atoms with Gasteiger partial charge in [-0.3, -0.25) is 19.2 Å². The number of rotatable bonds is 22. The van der Waals surface area contributed by atoms with Crippen LogP contribution in [-0.2, 0) is 19.2 Å². The van der Waals surface area contributed by atoms with Gasteiger partial charge in [0.1, 0.15) is 41.7 Å². The zero-order chi connectivity index (χ0) is 77.8. The fourth-order valence-corrected chi connectivity index (χ4v) is 14.7. The average molecular weight is 1570 g/mol. The molecular formula is C80H121ClK2N12O13. The van der Waals surface area contributed by atoms with Crippen molar-refractivity contribution in [3.05, 3.63) is 102 Å². The molecule has 3 aromatic carbocycles. The van der Waals surface area contributed by atoms with E-state index in [1.165, 1.54) is 17.3 Å². The van der Waals surface area contributed by atoms with E-state index in [4.69, 9.17) is 46.3 Å². The maximum Gasteiger partial charge on any atom is 1.00 e. The van der Waals surface area contributed by atoms with Crippen molar-refractivity contribution in [2.24, 2.45) is 23.5 Å². The van der Waals surface area contributed by atoms with Crippen molar-refractivity contribution in [3.8, 4) is 17.2 Å². The molecule has 6 atom stereocenters. The summed E-state index contributed by atoms with van der Waals surface area (Å²) in [5.41, 5.74) is 14.7. The summed E-state index contributed by atoms with van der Waals surface area (Å²) in [7, 11) is 12.1. The first-order chi connectivity index (χ1) is 50.0. The minimum atomic E-state index is -0.517. The largest absolute Gasteiger partial charge is 1.00 e. The number of nitrogens with two attached hydrogens (primary N) is 1. The molecule has 6 aromatic rings. The van der Waals surface area contributed by atoms with Crippen LogP contribution in [0.4, 0.5) is 26.7 Å². The minimum absolute atomic E-state index is 0. The van der Waals surface area contributed by atoms with Gasteiger partial charge in [0.25, 0.3) is 23.2 Å². The number of aromatic nitrogens is 3. The second kappa shape index (κ2) is 41.5. The summed E-state index contributed by atoms with van der Waals surface area (Å²) in [6.45, 7) is 32.6. The number of halogens is 1. The smallest absolute Gasteiger partial charge is 1.00 e. The molecule has 3 aliphatic heterocycles. The Labute approximate surface area is 730 Å². The molecule has 3 saturated carbocycles. The van der Waals surface area contributed by atoms with E-state index in [0.717, 1.165) is 178 Å². The topological polar surface area (TPSA) is 276 Å². The van der Waals surface area contributed by atoms with Crippen molar-refractivity contribution in [2.45, 2.75) is 188 Å². The zero-order valence-corrected chi connectivity index (χ0v) is 75.1. The number of carbonyl (C=O) groups is 3. The summed E-state index contributed by atoms with van der Waals surface area (Å²) in [6, 6.07) is 18.3. The Morgan fingerprint density at radius 1 is 0.565 bits per heavy atom. The molecule has 25 nitrogen and oxygen atoms in total. The summed E-state index contributed by atoms with van der Waals surface area (Å²) in [6.07, 6.45) is 8.56. The summed E-state index contributed by atoms with van der Waals surface area (Å²) < 4.78 is 28.8. The third-order valence-electron chi connectivity index (χ3n) is 20.5. The molecule has 3 saturated heterocycles. The van der Waals surface area contributed by atoms with Crippen molar-refractivity contribution >= 4 is 80.0 Å². The molecule has 0 bridgehead atoms. The van der Waals surface area contributed by atoms with Crippen LogP contribution in [0.1, 0.15) is 156 Å². The van der Waals surface area contributed by atoms with Crippen LogP contribution in [0.2, 0.25) is 0 Å². The van der Waals surface area contributed by atoms with E-state index < -0.39 is 11.2 Å². The Kier molecular flexibility index (Phi) is 35.5. The van der Waals surface area contributed by atoms with E-state index in [1.807, 2.05) is 135 Å². The Bertz CT molecular complexity index is 4190. The Morgan fingerprint density at radius 2 is 0.880 bits per heavy atom. The maximum atomic E-state index is 13.2. The van der Waals surface area contributed by atoms with Crippen LogP contribution in [0.5, 0.6) is 17.2 Å². The number of alkyl carbamates (subject to hydrolysis) is 2. The van der Waals surface area contributed by atoms with Crippen molar-refractivity contribution in [1.82, 2.24) is 39.0 Å². The molecule has 0 radical (unpaired) electrons. The van der Waals surface area contributed by atoms with Gasteiger partial charge in [0, 0.05) is 152 Å². The SMILES string of the molecule is CN(C)CCCl.Cc1c(N2CC[C@@H]([C@H](C)N)C2)ccc2c(OCCN(C)C)cc(=O)n(C3CC3)c12.Cc1c(N2CC[C@@H]([C@H](C)NC(=O)OC(C)(C)C)C2)ccc2c(O)cc(=O)n(C3CC3)c12.Cc1c(N2CC[C@@H]([C@H](C)NC(=O)OC(C)(C)C)C2)ccc2c(OCCN(C)C)cc(=O)n(C3CC3)c12.O=CO[O-].[H-].[K+].[K+]. The fourth-order valence-electron chi connectivity index (χ4n) is 14.4. The van der Waals surface area contributed by atoms with Crippen LogP contribution >= 0.6 is 11.6 Å². The molecule has 12 rings (SSSR count). The number of anilines is 3.